The first-order valence-electron chi connectivity index (χ1n) is 4.37. The van der Waals surface area contributed by atoms with Gasteiger partial charge >= 0.3 is 0 Å². The predicted octanol–water partition coefficient (Wildman–Crippen LogP) is 1.55. The van der Waals surface area contributed by atoms with E-state index in [0.29, 0.717) is 11.7 Å². The van der Waals surface area contributed by atoms with Gasteiger partial charge in [-0.2, -0.15) is 0 Å². The minimum atomic E-state index is -0.780. The van der Waals surface area contributed by atoms with Crippen molar-refractivity contribution in [1.82, 2.24) is 0 Å². The highest BCUT2D eigenvalue weighted by Crippen LogP contribution is 2.15. The zero-order valence-corrected chi connectivity index (χ0v) is 9.28. The Bertz CT molecular complexity index is 149. The van der Waals surface area contributed by atoms with Gasteiger partial charge in [0.25, 0.3) is 0 Å². The van der Waals surface area contributed by atoms with Gasteiger partial charge in [-0.25, -0.2) is 0 Å². The summed E-state index contributed by atoms with van der Waals surface area (Å²) in [5.41, 5.74) is 0. The van der Waals surface area contributed by atoms with E-state index in [0.717, 1.165) is 6.42 Å². The summed E-state index contributed by atoms with van der Waals surface area (Å²) in [6.45, 7) is 8.17. The fraction of sp³-hybridized carbons (Fsp3) is 1.00. The van der Waals surface area contributed by atoms with E-state index >= 15 is 0 Å². The molecule has 0 heterocycles. The smallest absolute Gasteiger partial charge is 0.0433 e. The van der Waals surface area contributed by atoms with Gasteiger partial charge in [0.05, 0.1) is 0 Å². The van der Waals surface area contributed by atoms with Gasteiger partial charge in [0, 0.05) is 27.9 Å². The largest absolute Gasteiger partial charge is 0.396 e. The van der Waals surface area contributed by atoms with E-state index in [9.17, 15) is 4.21 Å². The van der Waals surface area contributed by atoms with Crippen LogP contribution >= 0.6 is 0 Å². The Labute approximate surface area is 77.8 Å². The maximum atomic E-state index is 11.6. The zero-order valence-electron chi connectivity index (χ0n) is 8.46. The Morgan fingerprint density at radius 1 is 1.42 bits per heavy atom. The van der Waals surface area contributed by atoms with Crippen LogP contribution in [-0.4, -0.2) is 26.4 Å². The lowest BCUT2D eigenvalue weighted by atomic mass is 10.1. The summed E-state index contributed by atoms with van der Waals surface area (Å²) in [7, 11) is -0.780. The number of aliphatic hydroxyl groups is 1. The van der Waals surface area contributed by atoms with Crippen molar-refractivity contribution in [3.8, 4) is 0 Å². The first-order chi connectivity index (χ1) is 5.38. The predicted molar refractivity (Wildman–Crippen MR) is 53.6 cm³/mol. The molecule has 0 aromatic rings. The zero-order chi connectivity index (χ0) is 9.78. The Balaban J connectivity index is 3.85. The molecule has 0 spiro atoms. The lowest BCUT2D eigenvalue weighted by Gasteiger charge is -2.20. The molecular weight excluding hydrogens is 172 g/mol. The molecule has 2 atom stereocenters. The molecule has 0 bridgehead atoms. The van der Waals surface area contributed by atoms with E-state index in [1.165, 1.54) is 0 Å². The number of aliphatic hydroxyl groups excluding tert-OH is 1. The van der Waals surface area contributed by atoms with Gasteiger partial charge < -0.3 is 5.11 Å². The molecule has 0 saturated carbocycles. The second-order valence-electron chi connectivity index (χ2n) is 4.24. The molecule has 0 rings (SSSR count). The Kier molecular flexibility index (Phi) is 5.02. The van der Waals surface area contributed by atoms with Crippen LogP contribution in [0.15, 0.2) is 0 Å². The van der Waals surface area contributed by atoms with Crippen molar-refractivity contribution in [3.63, 3.8) is 0 Å². The molecule has 0 radical (unpaired) electrons. The summed E-state index contributed by atoms with van der Waals surface area (Å²) in [4.78, 5) is 0. The molecular formula is C9H20O2S. The molecule has 2 unspecified atom stereocenters. The summed E-state index contributed by atoms with van der Waals surface area (Å²) >= 11 is 0. The average Bonchev–Trinajstić information content (AvgIpc) is 1.85. The Morgan fingerprint density at radius 2 is 1.92 bits per heavy atom. The van der Waals surface area contributed by atoms with E-state index in [-0.39, 0.29) is 11.4 Å². The van der Waals surface area contributed by atoms with Crippen molar-refractivity contribution in [2.45, 2.75) is 38.9 Å². The Morgan fingerprint density at radius 3 is 2.25 bits per heavy atom. The fourth-order valence-electron chi connectivity index (χ4n) is 0.812. The SMILES string of the molecule is CC(CCO)CS(=O)C(C)(C)C. The highest BCUT2D eigenvalue weighted by Gasteiger charge is 2.20. The normalized spacial score (nSPS) is 17.4. The highest BCUT2D eigenvalue weighted by molar-refractivity contribution is 7.86. The van der Waals surface area contributed by atoms with Crippen molar-refractivity contribution >= 4 is 10.8 Å². The summed E-state index contributed by atoms with van der Waals surface area (Å²) in [6, 6.07) is 0. The molecule has 0 aliphatic carbocycles. The Hall–Kier alpha value is 0.110. The highest BCUT2D eigenvalue weighted by atomic mass is 32.2. The van der Waals surface area contributed by atoms with Crippen LogP contribution in [0.25, 0.3) is 0 Å². The standard InChI is InChI=1S/C9H20O2S/c1-8(5-6-10)7-12(11)9(2,3)4/h8,10H,5-7H2,1-4H3. The molecule has 0 fully saturated rings. The third-order valence-electron chi connectivity index (χ3n) is 1.74. The maximum Gasteiger partial charge on any atom is 0.0433 e. The average molecular weight is 192 g/mol. The minimum absolute atomic E-state index is 0.121. The van der Waals surface area contributed by atoms with Crippen molar-refractivity contribution in [2.24, 2.45) is 5.92 Å². The lowest BCUT2D eigenvalue weighted by Crippen LogP contribution is -2.26. The molecule has 74 valence electrons. The van der Waals surface area contributed by atoms with Crippen LogP contribution in [-0.2, 0) is 10.8 Å². The quantitative estimate of drug-likeness (QED) is 0.734. The molecule has 0 amide bonds. The number of hydrogen-bond donors (Lipinski definition) is 1. The maximum absolute atomic E-state index is 11.6. The number of hydrogen-bond acceptors (Lipinski definition) is 2. The van der Waals surface area contributed by atoms with Gasteiger partial charge in [-0.1, -0.05) is 6.92 Å². The topological polar surface area (TPSA) is 37.3 Å². The first kappa shape index (κ1) is 12.1. The summed E-state index contributed by atoms with van der Waals surface area (Å²) < 4.78 is 11.5. The molecule has 0 aliphatic rings. The van der Waals surface area contributed by atoms with Crippen LogP contribution in [0.3, 0.4) is 0 Å². The van der Waals surface area contributed by atoms with Crippen LogP contribution in [0, 0.1) is 5.92 Å². The molecule has 0 aromatic heterocycles. The van der Waals surface area contributed by atoms with Gasteiger partial charge in [-0.15, -0.1) is 0 Å². The van der Waals surface area contributed by atoms with E-state index in [2.05, 4.69) is 0 Å². The van der Waals surface area contributed by atoms with Crippen molar-refractivity contribution < 1.29 is 9.32 Å². The van der Waals surface area contributed by atoms with Gasteiger partial charge in [-0.3, -0.25) is 4.21 Å². The van der Waals surface area contributed by atoms with E-state index in [4.69, 9.17) is 5.11 Å². The summed E-state index contributed by atoms with van der Waals surface area (Å²) in [6.07, 6.45) is 0.752. The van der Waals surface area contributed by atoms with Crippen LogP contribution in [0.2, 0.25) is 0 Å². The molecule has 1 N–H and O–H groups in total. The van der Waals surface area contributed by atoms with Gasteiger partial charge in [0.15, 0.2) is 0 Å². The first-order valence-corrected chi connectivity index (χ1v) is 5.69. The fourth-order valence-corrected chi connectivity index (χ4v) is 2.00. The molecule has 2 nitrogen and oxygen atoms in total. The van der Waals surface area contributed by atoms with Crippen molar-refractivity contribution in [3.05, 3.63) is 0 Å². The lowest BCUT2D eigenvalue weighted by molar-refractivity contribution is 0.268. The minimum Gasteiger partial charge on any atom is -0.396 e. The summed E-state index contributed by atoms with van der Waals surface area (Å²) in [5, 5.41) is 8.65. The van der Waals surface area contributed by atoms with Gasteiger partial charge in [0.1, 0.15) is 0 Å². The second kappa shape index (κ2) is 4.97. The van der Waals surface area contributed by atoms with Crippen LogP contribution in [0.4, 0.5) is 0 Å². The van der Waals surface area contributed by atoms with Crippen LogP contribution in [0.1, 0.15) is 34.1 Å². The van der Waals surface area contributed by atoms with Crippen molar-refractivity contribution in [1.29, 1.82) is 0 Å². The number of rotatable bonds is 4. The van der Waals surface area contributed by atoms with Crippen LogP contribution in [0.5, 0.6) is 0 Å². The second-order valence-corrected chi connectivity index (χ2v) is 6.49. The van der Waals surface area contributed by atoms with E-state index in [1.54, 1.807) is 0 Å². The van der Waals surface area contributed by atoms with E-state index < -0.39 is 10.8 Å². The monoisotopic (exact) mass is 192 g/mol. The molecule has 12 heavy (non-hydrogen) atoms. The van der Waals surface area contributed by atoms with Crippen molar-refractivity contribution in [2.75, 3.05) is 12.4 Å². The molecule has 0 aromatic carbocycles. The summed E-state index contributed by atoms with van der Waals surface area (Å²) in [5.74, 6) is 1.06. The molecule has 0 aliphatic heterocycles. The van der Waals surface area contributed by atoms with Crippen LogP contribution < -0.4 is 0 Å². The molecule has 0 saturated heterocycles. The third-order valence-corrected chi connectivity index (χ3v) is 3.98. The van der Waals surface area contributed by atoms with E-state index in [1.807, 2.05) is 27.7 Å². The molecule has 3 heteroatoms. The van der Waals surface area contributed by atoms with Gasteiger partial charge in [-0.05, 0) is 33.1 Å². The van der Waals surface area contributed by atoms with Gasteiger partial charge in [0.2, 0.25) is 0 Å². The third kappa shape index (κ3) is 4.88.